The molecule has 0 saturated carbocycles. The molecular formula is C25H34N2O3. The van der Waals surface area contributed by atoms with Crippen LogP contribution in [0.5, 0.6) is 0 Å². The van der Waals surface area contributed by atoms with E-state index in [-0.39, 0.29) is 17.2 Å². The molecule has 0 unspecified atom stereocenters. The fraction of sp³-hybridized carbons (Fsp3) is 0.400. The Labute approximate surface area is 180 Å². The van der Waals surface area contributed by atoms with Crippen molar-refractivity contribution in [1.82, 2.24) is 0 Å². The number of nitrogens with one attached hydrogen (secondary N) is 2. The first-order chi connectivity index (χ1) is 13.8. The van der Waals surface area contributed by atoms with Crippen molar-refractivity contribution in [1.29, 1.82) is 0 Å². The van der Waals surface area contributed by atoms with E-state index >= 15 is 0 Å². The summed E-state index contributed by atoms with van der Waals surface area (Å²) < 4.78 is 0. The molecule has 0 heterocycles. The van der Waals surface area contributed by atoms with Crippen LogP contribution in [-0.2, 0) is 9.59 Å². The van der Waals surface area contributed by atoms with Gasteiger partial charge in [-0.1, -0.05) is 59.7 Å². The number of hydrogen-bond acceptors (Lipinski definition) is 3. The fourth-order valence-corrected chi connectivity index (χ4v) is 2.23. The predicted octanol–water partition coefficient (Wildman–Crippen LogP) is 5.77. The molecule has 0 aromatic heterocycles. The molecule has 0 aliphatic heterocycles. The zero-order valence-corrected chi connectivity index (χ0v) is 19.3. The van der Waals surface area contributed by atoms with Gasteiger partial charge in [-0.2, -0.15) is 0 Å². The highest BCUT2D eigenvalue weighted by atomic mass is 16.2. The number of hydrogen-bond donors (Lipinski definition) is 2. The number of rotatable bonds is 3. The number of aldehydes is 1. The van der Waals surface area contributed by atoms with Crippen LogP contribution >= 0.6 is 0 Å². The van der Waals surface area contributed by atoms with Crippen molar-refractivity contribution in [3.8, 4) is 0 Å². The number of carbonyl (C=O) groups excluding carboxylic acids is 3. The number of aryl methyl sites for hydroxylation is 2. The lowest BCUT2D eigenvalue weighted by Crippen LogP contribution is -2.27. The Morgan fingerprint density at radius 2 is 1.20 bits per heavy atom. The van der Waals surface area contributed by atoms with Crippen LogP contribution in [0.25, 0.3) is 0 Å². The molecule has 0 bridgehead atoms. The van der Waals surface area contributed by atoms with E-state index in [0.717, 1.165) is 28.8 Å². The van der Waals surface area contributed by atoms with E-state index < -0.39 is 5.41 Å². The normalized spacial score (nSPS) is 11.1. The van der Waals surface area contributed by atoms with Crippen molar-refractivity contribution in [2.75, 3.05) is 10.6 Å². The minimum Gasteiger partial charge on any atom is -0.325 e. The third-order valence-electron chi connectivity index (χ3n) is 4.39. The van der Waals surface area contributed by atoms with E-state index in [4.69, 9.17) is 0 Å². The summed E-state index contributed by atoms with van der Waals surface area (Å²) in [7, 11) is 0. The third-order valence-corrected chi connectivity index (χ3v) is 4.39. The monoisotopic (exact) mass is 410 g/mol. The van der Waals surface area contributed by atoms with Crippen LogP contribution in [0.2, 0.25) is 0 Å². The lowest BCUT2D eigenvalue weighted by Gasteiger charge is -2.18. The molecule has 0 radical (unpaired) electrons. The number of anilines is 2. The van der Waals surface area contributed by atoms with Gasteiger partial charge in [-0.05, 0) is 49.2 Å². The average Bonchev–Trinajstić information content (AvgIpc) is 2.64. The number of carbonyl (C=O) groups is 3. The zero-order chi connectivity index (χ0) is 23.1. The molecule has 2 N–H and O–H groups in total. The van der Waals surface area contributed by atoms with Crippen LogP contribution in [0.3, 0.4) is 0 Å². The van der Waals surface area contributed by atoms with E-state index in [9.17, 15) is 14.4 Å². The minimum absolute atomic E-state index is 0.0329. The average molecular weight is 411 g/mol. The van der Waals surface area contributed by atoms with Gasteiger partial charge in [-0.25, -0.2) is 0 Å². The van der Waals surface area contributed by atoms with Gasteiger partial charge in [-0.15, -0.1) is 0 Å². The lowest BCUT2D eigenvalue weighted by atomic mass is 9.95. The summed E-state index contributed by atoms with van der Waals surface area (Å²) >= 11 is 0. The number of amides is 2. The maximum absolute atomic E-state index is 11.8. The summed E-state index contributed by atoms with van der Waals surface area (Å²) in [5, 5.41) is 5.76. The quantitative estimate of drug-likeness (QED) is 0.631. The molecule has 162 valence electrons. The van der Waals surface area contributed by atoms with Crippen molar-refractivity contribution in [2.24, 2.45) is 10.8 Å². The van der Waals surface area contributed by atoms with Crippen LogP contribution in [0.4, 0.5) is 11.4 Å². The molecule has 5 nitrogen and oxygen atoms in total. The highest BCUT2D eigenvalue weighted by Gasteiger charge is 2.22. The van der Waals surface area contributed by atoms with Gasteiger partial charge in [0.05, 0.1) is 0 Å². The molecule has 2 amide bonds. The summed E-state index contributed by atoms with van der Waals surface area (Å²) in [6.45, 7) is 15.1. The second kappa shape index (κ2) is 10.2. The molecular weight excluding hydrogens is 376 g/mol. The Kier molecular flexibility index (Phi) is 8.52. The maximum atomic E-state index is 11.8. The Bertz CT molecular complexity index is 903. The first-order valence-corrected chi connectivity index (χ1v) is 10.00. The topological polar surface area (TPSA) is 75.3 Å². The van der Waals surface area contributed by atoms with Crippen molar-refractivity contribution < 1.29 is 14.4 Å². The minimum atomic E-state index is -0.421. The van der Waals surface area contributed by atoms with Gasteiger partial charge in [0.15, 0.2) is 0 Å². The molecule has 0 aliphatic rings. The van der Waals surface area contributed by atoms with Crippen molar-refractivity contribution in [3.63, 3.8) is 0 Å². The standard InChI is InChI=1S/C13H17NO2.C12H17NO/c1-9-7-10(8-15)5-6-11(9)14-12(16)13(2,3)4;1-9-7-5-6-8-10(9)13-11(14)12(2,3)4/h5-8H,1-4H3,(H,14,16);5-8H,1-4H3,(H,13,14). The van der Waals surface area contributed by atoms with Gasteiger partial charge in [0.25, 0.3) is 0 Å². The molecule has 0 atom stereocenters. The van der Waals surface area contributed by atoms with E-state index in [1.54, 1.807) is 18.2 Å². The van der Waals surface area contributed by atoms with Crippen LogP contribution in [0.1, 0.15) is 63.0 Å². The Morgan fingerprint density at radius 1 is 0.733 bits per heavy atom. The predicted molar refractivity (Wildman–Crippen MR) is 124 cm³/mol. The molecule has 2 aromatic rings. The van der Waals surface area contributed by atoms with Gasteiger partial charge < -0.3 is 10.6 Å². The first-order valence-electron chi connectivity index (χ1n) is 10.00. The summed E-state index contributed by atoms with van der Waals surface area (Å²) in [5.41, 5.74) is 3.48. The molecule has 2 rings (SSSR count). The first kappa shape index (κ1) is 25.1. The number of para-hydroxylation sites is 1. The molecule has 0 spiro atoms. The van der Waals surface area contributed by atoms with Crippen molar-refractivity contribution in [3.05, 3.63) is 59.2 Å². The highest BCUT2D eigenvalue weighted by Crippen LogP contribution is 2.21. The Hall–Kier alpha value is -2.95. The van der Waals surface area contributed by atoms with Crippen molar-refractivity contribution >= 4 is 29.5 Å². The Morgan fingerprint density at radius 3 is 1.60 bits per heavy atom. The number of benzene rings is 2. The summed E-state index contributed by atoms with van der Waals surface area (Å²) in [5.74, 6) is 0.0150. The van der Waals surface area contributed by atoms with Crippen LogP contribution < -0.4 is 10.6 Å². The van der Waals surface area contributed by atoms with Crippen molar-refractivity contribution in [2.45, 2.75) is 55.4 Å². The molecule has 0 saturated heterocycles. The summed E-state index contributed by atoms with van der Waals surface area (Å²) in [4.78, 5) is 34.0. The summed E-state index contributed by atoms with van der Waals surface area (Å²) in [6.07, 6.45) is 0.794. The van der Waals surface area contributed by atoms with Crippen LogP contribution in [-0.4, -0.2) is 18.1 Å². The molecule has 0 aliphatic carbocycles. The smallest absolute Gasteiger partial charge is 0.229 e. The molecule has 2 aromatic carbocycles. The van der Waals surface area contributed by atoms with E-state index in [1.807, 2.05) is 79.7 Å². The van der Waals surface area contributed by atoms with Gasteiger partial charge in [0.1, 0.15) is 6.29 Å². The second-order valence-corrected chi connectivity index (χ2v) is 9.42. The van der Waals surface area contributed by atoms with Crippen LogP contribution in [0, 0.1) is 24.7 Å². The van der Waals surface area contributed by atoms with E-state index in [1.165, 1.54) is 0 Å². The Balaban J connectivity index is 0.000000303. The van der Waals surface area contributed by atoms with Gasteiger partial charge in [-0.3, -0.25) is 14.4 Å². The second-order valence-electron chi connectivity index (χ2n) is 9.42. The van der Waals surface area contributed by atoms with Gasteiger partial charge in [0.2, 0.25) is 11.8 Å². The molecule has 30 heavy (non-hydrogen) atoms. The molecule has 5 heteroatoms. The van der Waals surface area contributed by atoms with Gasteiger partial charge >= 0.3 is 0 Å². The zero-order valence-electron chi connectivity index (χ0n) is 19.3. The summed E-state index contributed by atoms with van der Waals surface area (Å²) in [6, 6.07) is 13.0. The van der Waals surface area contributed by atoms with E-state index in [0.29, 0.717) is 5.56 Å². The molecule has 0 fully saturated rings. The maximum Gasteiger partial charge on any atom is 0.229 e. The third kappa shape index (κ3) is 7.82. The highest BCUT2D eigenvalue weighted by molar-refractivity contribution is 5.96. The fourth-order valence-electron chi connectivity index (χ4n) is 2.23. The lowest BCUT2D eigenvalue weighted by molar-refractivity contribution is -0.123. The SMILES string of the molecule is Cc1cc(C=O)ccc1NC(=O)C(C)(C)C.Cc1ccccc1NC(=O)C(C)(C)C. The van der Waals surface area contributed by atoms with E-state index in [2.05, 4.69) is 10.6 Å². The van der Waals surface area contributed by atoms with Crippen LogP contribution in [0.15, 0.2) is 42.5 Å². The largest absolute Gasteiger partial charge is 0.325 e. The van der Waals surface area contributed by atoms with Gasteiger partial charge in [0, 0.05) is 27.8 Å².